The zero-order chi connectivity index (χ0) is 42.1. The number of amidine groups is 1. The van der Waals surface area contributed by atoms with E-state index in [4.69, 9.17) is 41.0 Å². The minimum absolute atomic E-state index is 0.000417. The highest BCUT2D eigenvalue weighted by Crippen LogP contribution is 2.39. The molecule has 0 aromatic heterocycles. The van der Waals surface area contributed by atoms with E-state index in [-0.39, 0.29) is 54.6 Å². The van der Waals surface area contributed by atoms with Gasteiger partial charge in [-0.1, -0.05) is 24.3 Å². The molecule has 0 atom stereocenters. The van der Waals surface area contributed by atoms with Gasteiger partial charge in [0.2, 0.25) is 11.3 Å². The van der Waals surface area contributed by atoms with E-state index < -0.39 is 20.0 Å². The zero-order valence-corrected chi connectivity index (χ0v) is 33.6. The molecule has 0 bridgehead atoms. The van der Waals surface area contributed by atoms with Crippen LogP contribution in [0.15, 0.2) is 91.4 Å². The van der Waals surface area contributed by atoms with Gasteiger partial charge in [0, 0.05) is 68.7 Å². The van der Waals surface area contributed by atoms with E-state index in [1.54, 1.807) is 42.3 Å². The number of hydrogen-bond donors (Lipinski definition) is 5. The summed E-state index contributed by atoms with van der Waals surface area (Å²) in [6.45, 7) is 0.924. The van der Waals surface area contributed by atoms with Gasteiger partial charge >= 0.3 is 11.4 Å². The maximum absolute atomic E-state index is 12.6. The zero-order valence-electron chi connectivity index (χ0n) is 31.2. The quantitative estimate of drug-likeness (QED) is 0.107. The van der Waals surface area contributed by atoms with Crippen molar-refractivity contribution < 1.29 is 56.0 Å². The van der Waals surface area contributed by atoms with Crippen molar-refractivity contribution >= 4 is 65.7 Å². The van der Waals surface area contributed by atoms with Gasteiger partial charge in [-0.05, 0) is 29.8 Å². The minimum Gasteiger partial charge on any atom is -0.493 e. The Morgan fingerprint density at radius 3 is 1.61 bits per heavy atom. The molecule has 0 unspecified atom stereocenters. The first kappa shape index (κ1) is 43.5. The monoisotopic (exact) mass is 850 g/mol. The van der Waals surface area contributed by atoms with E-state index in [0.717, 1.165) is 5.56 Å². The summed E-state index contributed by atoms with van der Waals surface area (Å²) in [7, 11) is 1.46. The van der Waals surface area contributed by atoms with Crippen LogP contribution in [0.2, 0.25) is 0 Å². The molecule has 0 radical (unpaired) electrons. The van der Waals surface area contributed by atoms with Crippen molar-refractivity contribution in [2.24, 2.45) is 8.80 Å². The van der Waals surface area contributed by atoms with E-state index in [1.807, 2.05) is 13.1 Å². The molecule has 23 heteroatoms. The van der Waals surface area contributed by atoms with Crippen LogP contribution in [0.25, 0.3) is 0 Å². The Labute approximate surface area is 332 Å². The lowest BCUT2D eigenvalue weighted by Gasteiger charge is -2.26. The SMILES string of the molecule is CNCc1cccc([N+](=O)O)c1.COc1cc2c(cc1OC)S(=O)(=O)N=C(Cl)N2.COc1cc2c(cc1OC)S(=O)(=O)N=C(N(C)Cc1cccc([N+](=O)O)c1)N2. The molecule has 0 amide bonds. The molecule has 5 N–H and O–H groups in total. The molecular weight excluding hydrogens is 812 g/mol. The van der Waals surface area contributed by atoms with Gasteiger partial charge in [0.05, 0.1) is 49.6 Å². The molecule has 6 rings (SSSR count). The van der Waals surface area contributed by atoms with Crippen molar-refractivity contribution in [3.63, 3.8) is 0 Å². The van der Waals surface area contributed by atoms with Crippen LogP contribution in [-0.2, 0) is 33.1 Å². The summed E-state index contributed by atoms with van der Waals surface area (Å²) in [4.78, 5) is 22.7. The summed E-state index contributed by atoms with van der Waals surface area (Å²) in [5.41, 5.74) is 2.58. The highest BCUT2D eigenvalue weighted by molar-refractivity contribution is 7.91. The maximum atomic E-state index is 12.6. The number of methoxy groups -OCH3 is 4. The third-order valence-electron chi connectivity index (χ3n) is 7.84. The second-order valence-electron chi connectivity index (χ2n) is 11.7. The summed E-state index contributed by atoms with van der Waals surface area (Å²) in [5, 5.41) is 26.0. The molecule has 0 aliphatic carbocycles. The smallest absolute Gasteiger partial charge is 0.316 e. The molecular formula is C34H39ClN8O12S2+2. The number of fused-ring (bicyclic) bond motifs is 2. The van der Waals surface area contributed by atoms with Crippen molar-refractivity contribution in [1.82, 2.24) is 10.2 Å². The van der Waals surface area contributed by atoms with Gasteiger partial charge < -0.3 is 39.8 Å². The number of nitrogens with zero attached hydrogens (tertiary/aromatic N) is 5. The molecule has 4 aromatic rings. The largest absolute Gasteiger partial charge is 0.493 e. The van der Waals surface area contributed by atoms with E-state index in [0.29, 0.717) is 40.7 Å². The first-order valence-electron chi connectivity index (χ1n) is 16.2. The Morgan fingerprint density at radius 1 is 0.702 bits per heavy atom. The Hall–Kier alpha value is -6.23. The van der Waals surface area contributed by atoms with E-state index in [2.05, 4.69) is 24.7 Å². The summed E-state index contributed by atoms with van der Waals surface area (Å²) in [6.07, 6.45) is 0. The number of halogens is 1. The first-order chi connectivity index (χ1) is 27.0. The summed E-state index contributed by atoms with van der Waals surface area (Å²) in [5.74, 6) is 1.47. The van der Waals surface area contributed by atoms with Gasteiger partial charge in [0.15, 0.2) is 23.0 Å². The number of anilines is 2. The van der Waals surface area contributed by atoms with Crippen LogP contribution in [0.4, 0.5) is 22.7 Å². The van der Waals surface area contributed by atoms with Gasteiger partial charge in [-0.25, -0.2) is 10.4 Å². The fourth-order valence-electron chi connectivity index (χ4n) is 5.21. The number of benzene rings is 4. The molecule has 0 saturated heterocycles. The van der Waals surface area contributed by atoms with Crippen molar-refractivity contribution in [1.29, 1.82) is 0 Å². The van der Waals surface area contributed by atoms with Crippen molar-refractivity contribution in [3.8, 4) is 23.0 Å². The third kappa shape index (κ3) is 10.8. The second-order valence-corrected chi connectivity index (χ2v) is 15.2. The summed E-state index contributed by atoms with van der Waals surface area (Å²) in [6, 6.07) is 18.8. The normalized spacial score (nSPS) is 14.0. The van der Waals surface area contributed by atoms with Gasteiger partial charge in [-0.3, -0.25) is 0 Å². The lowest BCUT2D eigenvalue weighted by Crippen LogP contribution is -2.36. The minimum atomic E-state index is -3.96. The second kappa shape index (κ2) is 18.6. The van der Waals surface area contributed by atoms with Crippen LogP contribution in [0.1, 0.15) is 11.1 Å². The molecule has 0 spiro atoms. The highest BCUT2D eigenvalue weighted by atomic mass is 35.5. The van der Waals surface area contributed by atoms with Gasteiger partial charge in [0.25, 0.3) is 29.9 Å². The van der Waals surface area contributed by atoms with Gasteiger partial charge in [0.1, 0.15) is 9.79 Å². The molecule has 304 valence electrons. The number of guanidine groups is 1. The maximum Gasteiger partial charge on any atom is 0.316 e. The summed E-state index contributed by atoms with van der Waals surface area (Å²) >= 11 is 5.59. The molecule has 4 aromatic carbocycles. The Morgan fingerprint density at radius 2 is 1.14 bits per heavy atom. The van der Waals surface area contributed by atoms with E-state index in [9.17, 15) is 26.6 Å². The fourth-order valence-corrected chi connectivity index (χ4v) is 7.74. The Balaban J connectivity index is 0.000000210. The average molecular weight is 851 g/mol. The predicted octanol–water partition coefficient (Wildman–Crippen LogP) is 4.72. The number of ether oxygens (including phenoxy) is 4. The van der Waals surface area contributed by atoms with Crippen LogP contribution in [-0.4, -0.2) is 95.8 Å². The molecule has 2 aliphatic rings. The topological polar surface area (TPSA) is 250 Å². The van der Waals surface area contributed by atoms with Crippen molar-refractivity contribution in [3.05, 3.63) is 93.7 Å². The number of sulfonamides is 2. The molecule has 20 nitrogen and oxygen atoms in total. The van der Waals surface area contributed by atoms with Gasteiger partial charge in [-0.2, -0.15) is 16.8 Å². The highest BCUT2D eigenvalue weighted by Gasteiger charge is 2.30. The predicted molar refractivity (Wildman–Crippen MR) is 209 cm³/mol. The Bertz CT molecular complexity index is 2450. The molecule has 0 saturated carbocycles. The van der Waals surface area contributed by atoms with Crippen LogP contribution in [0.3, 0.4) is 0 Å². The first-order valence-corrected chi connectivity index (χ1v) is 19.5. The lowest BCUT2D eigenvalue weighted by atomic mass is 10.2. The Kier molecular flexibility index (Phi) is 14.2. The van der Waals surface area contributed by atoms with Crippen LogP contribution >= 0.6 is 11.6 Å². The van der Waals surface area contributed by atoms with Crippen LogP contribution in [0.5, 0.6) is 23.0 Å². The van der Waals surface area contributed by atoms with E-state index in [1.165, 1.54) is 64.8 Å². The summed E-state index contributed by atoms with van der Waals surface area (Å²) < 4.78 is 76.4. The average Bonchev–Trinajstić information content (AvgIpc) is 3.17. The fraction of sp³-hybridized carbons (Fsp3) is 0.235. The van der Waals surface area contributed by atoms with Crippen molar-refractivity contribution in [2.45, 2.75) is 22.9 Å². The van der Waals surface area contributed by atoms with Crippen LogP contribution < -0.4 is 34.9 Å². The molecule has 57 heavy (non-hydrogen) atoms. The standard InChI is InChI=1S/C17H19N4O6S.C9H9ClN2O4S.C8H11N2O2/c1-20(10-11-5-4-6-12(7-11)21(22)23)17-18-13-8-14(26-2)15(27-3)9-16(13)28(24,25)19-17;1-15-6-3-5-8(4-7(6)16-2)17(13,14)12-9(10)11-5;1-9-6-7-3-2-4-8(5-7)10(11)12/h4-9H,10H2,1-3H3,(H,18,19)(H,22,23);3-4H,1-2H3,(H,11,12);2-5,9H,6H2,1H3,(H,11,12)/q+1;;+1. The number of rotatable bonds is 10. The van der Waals surface area contributed by atoms with Crippen molar-refractivity contribution in [2.75, 3.05) is 53.2 Å². The number of nitrogens with one attached hydrogen (secondary N) is 3. The molecule has 0 fully saturated rings. The molecule has 2 heterocycles. The number of hydrogen-bond acceptors (Lipinski definition) is 14. The van der Waals surface area contributed by atoms with Gasteiger partial charge in [-0.15, -0.1) is 8.80 Å². The third-order valence-corrected chi connectivity index (χ3v) is 10.7. The lowest BCUT2D eigenvalue weighted by molar-refractivity contribution is -0.729. The van der Waals surface area contributed by atoms with Crippen LogP contribution in [0, 0.1) is 9.81 Å². The molecule has 2 aliphatic heterocycles. The van der Waals surface area contributed by atoms with E-state index >= 15 is 0 Å².